The van der Waals surface area contributed by atoms with Crippen LogP contribution in [0.1, 0.15) is 42.0 Å². The van der Waals surface area contributed by atoms with Gasteiger partial charge in [0.05, 0.1) is 12.1 Å². The molecule has 4 nitrogen and oxygen atoms in total. The molecule has 2 aliphatic rings. The lowest BCUT2D eigenvalue weighted by atomic mass is 9.90. The Hall–Kier alpha value is -2.75. The second kappa shape index (κ2) is 6.45. The van der Waals surface area contributed by atoms with Gasteiger partial charge in [0.1, 0.15) is 11.3 Å². The fourth-order valence-electron chi connectivity index (χ4n) is 4.49. The number of benzene rings is 2. The Morgan fingerprint density at radius 2 is 1.81 bits per heavy atom. The van der Waals surface area contributed by atoms with Crippen molar-refractivity contribution in [1.29, 1.82) is 0 Å². The molecule has 0 spiro atoms. The monoisotopic (exact) mass is 361 g/mol. The van der Waals surface area contributed by atoms with Gasteiger partial charge in [-0.15, -0.1) is 0 Å². The molecule has 0 atom stereocenters. The molecular formula is C23H23NO3. The highest BCUT2D eigenvalue weighted by molar-refractivity contribution is 5.87. The predicted molar refractivity (Wildman–Crippen MR) is 107 cm³/mol. The van der Waals surface area contributed by atoms with Crippen LogP contribution >= 0.6 is 0 Å². The van der Waals surface area contributed by atoms with Gasteiger partial charge in [0.15, 0.2) is 6.73 Å². The first-order valence-corrected chi connectivity index (χ1v) is 9.82. The first kappa shape index (κ1) is 16.4. The minimum atomic E-state index is -0.170. The fraction of sp³-hybridized carbons (Fsp3) is 0.348. The van der Waals surface area contributed by atoms with Crippen LogP contribution in [0.5, 0.6) is 5.75 Å². The molecule has 0 saturated heterocycles. The lowest BCUT2D eigenvalue weighted by Crippen LogP contribution is -2.33. The highest BCUT2D eigenvalue weighted by Crippen LogP contribution is 2.37. The largest absolute Gasteiger partial charge is 0.473 e. The van der Waals surface area contributed by atoms with E-state index in [2.05, 4.69) is 42.2 Å². The van der Waals surface area contributed by atoms with E-state index in [-0.39, 0.29) is 5.63 Å². The summed E-state index contributed by atoms with van der Waals surface area (Å²) in [7, 11) is 0. The normalized spacial score (nSPS) is 16.0. The van der Waals surface area contributed by atoms with Crippen molar-refractivity contribution in [1.82, 2.24) is 0 Å². The minimum absolute atomic E-state index is 0.170. The molecule has 0 unspecified atom stereocenters. The van der Waals surface area contributed by atoms with Gasteiger partial charge >= 0.3 is 5.63 Å². The molecule has 0 bridgehead atoms. The molecule has 2 heterocycles. The van der Waals surface area contributed by atoms with Crippen LogP contribution in [0.25, 0.3) is 11.0 Å². The molecule has 0 saturated carbocycles. The zero-order valence-corrected chi connectivity index (χ0v) is 15.6. The van der Waals surface area contributed by atoms with E-state index in [1.54, 1.807) is 0 Å². The van der Waals surface area contributed by atoms with Gasteiger partial charge in [0.2, 0.25) is 0 Å². The van der Waals surface area contributed by atoms with Gasteiger partial charge in [-0.2, -0.15) is 0 Å². The summed E-state index contributed by atoms with van der Waals surface area (Å²) < 4.78 is 11.9. The molecule has 1 aliphatic carbocycles. The first-order chi connectivity index (χ1) is 13.3. The zero-order valence-electron chi connectivity index (χ0n) is 15.6. The number of ether oxygens (including phenoxy) is 1. The van der Waals surface area contributed by atoms with E-state index in [1.165, 1.54) is 16.8 Å². The van der Waals surface area contributed by atoms with Crippen LogP contribution in [0, 0.1) is 0 Å². The van der Waals surface area contributed by atoms with Gasteiger partial charge in [0, 0.05) is 16.6 Å². The average molecular weight is 361 g/mol. The molecule has 2 aromatic carbocycles. The van der Waals surface area contributed by atoms with Crippen molar-refractivity contribution in [3.8, 4) is 5.75 Å². The topological polar surface area (TPSA) is 42.7 Å². The summed E-state index contributed by atoms with van der Waals surface area (Å²) in [6.45, 7) is 3.36. The van der Waals surface area contributed by atoms with Gasteiger partial charge in [-0.3, -0.25) is 0 Å². The molecule has 5 rings (SSSR count). The Morgan fingerprint density at radius 3 is 2.67 bits per heavy atom. The molecule has 3 aromatic rings. The summed E-state index contributed by atoms with van der Waals surface area (Å²) >= 11 is 0. The number of hydrogen-bond acceptors (Lipinski definition) is 4. The van der Waals surface area contributed by atoms with Crippen LogP contribution in [0.2, 0.25) is 0 Å². The number of hydrogen-bond donors (Lipinski definition) is 0. The van der Waals surface area contributed by atoms with Gasteiger partial charge < -0.3 is 14.1 Å². The van der Waals surface area contributed by atoms with E-state index in [0.29, 0.717) is 18.9 Å². The zero-order chi connectivity index (χ0) is 18.4. The molecule has 1 aliphatic heterocycles. The maximum atomic E-state index is 12.6. The molecule has 138 valence electrons. The van der Waals surface area contributed by atoms with E-state index in [4.69, 9.17) is 9.15 Å². The Labute approximate surface area is 158 Å². The number of aryl methyl sites for hydroxylation is 2. The summed E-state index contributed by atoms with van der Waals surface area (Å²) in [4.78, 5) is 14.8. The minimum Gasteiger partial charge on any atom is -0.473 e. The number of nitrogens with zero attached hydrogens (tertiary/aromatic N) is 1. The lowest BCUT2D eigenvalue weighted by molar-refractivity contribution is 0.288. The van der Waals surface area contributed by atoms with Gasteiger partial charge in [0.25, 0.3) is 0 Å². The van der Waals surface area contributed by atoms with Crippen LogP contribution in [0.4, 0.5) is 5.69 Å². The summed E-state index contributed by atoms with van der Waals surface area (Å²) in [5, 5.41) is 1.08. The summed E-state index contributed by atoms with van der Waals surface area (Å²) in [5.74, 6) is 0.826. The van der Waals surface area contributed by atoms with Crippen LogP contribution in [0.3, 0.4) is 0 Å². The second-order valence-corrected chi connectivity index (χ2v) is 7.43. The molecule has 1 aromatic heterocycles. The summed E-state index contributed by atoms with van der Waals surface area (Å²) in [5.41, 5.74) is 6.05. The van der Waals surface area contributed by atoms with Crippen LogP contribution in [0.15, 0.2) is 45.6 Å². The smallest absolute Gasteiger partial charge is 0.339 e. The maximum absolute atomic E-state index is 12.6. The lowest BCUT2D eigenvalue weighted by Gasteiger charge is -2.32. The van der Waals surface area contributed by atoms with Crippen molar-refractivity contribution < 1.29 is 9.15 Å². The van der Waals surface area contributed by atoms with Crippen molar-refractivity contribution >= 4 is 16.7 Å². The van der Waals surface area contributed by atoms with Gasteiger partial charge in [-0.1, -0.05) is 25.1 Å². The molecule has 0 amide bonds. The SMILES string of the molecule is CCc1ccccc1N1COc2ccc3c4c(c(=O)oc3c2C1)CCCC4. The number of para-hydroxylation sites is 1. The molecule has 27 heavy (non-hydrogen) atoms. The number of fused-ring (bicyclic) bond motifs is 5. The Kier molecular flexibility index (Phi) is 3.92. The molecule has 0 radical (unpaired) electrons. The van der Waals surface area contributed by atoms with E-state index in [1.807, 2.05) is 6.07 Å². The third-order valence-electron chi connectivity index (χ3n) is 5.89. The number of anilines is 1. The highest BCUT2D eigenvalue weighted by Gasteiger charge is 2.26. The quantitative estimate of drug-likeness (QED) is 0.626. The van der Waals surface area contributed by atoms with Crippen molar-refractivity contribution in [2.75, 3.05) is 11.6 Å². The van der Waals surface area contributed by atoms with Crippen LogP contribution < -0.4 is 15.3 Å². The molecule has 0 fully saturated rings. The van der Waals surface area contributed by atoms with Crippen molar-refractivity contribution in [2.45, 2.75) is 45.6 Å². The molecule has 0 N–H and O–H groups in total. The van der Waals surface area contributed by atoms with Crippen molar-refractivity contribution in [3.05, 3.63) is 69.1 Å². The third-order valence-corrected chi connectivity index (χ3v) is 5.89. The standard InChI is InChI=1S/C23H23NO3/c1-2-15-7-3-6-10-20(15)24-13-19-21(26-14-24)12-11-17-16-8-4-5-9-18(16)23(25)27-22(17)19/h3,6-7,10-12H,2,4-5,8-9,13-14H2,1H3. The van der Waals surface area contributed by atoms with Crippen LogP contribution in [-0.4, -0.2) is 6.73 Å². The summed E-state index contributed by atoms with van der Waals surface area (Å²) in [6, 6.07) is 12.5. The third kappa shape index (κ3) is 2.62. The maximum Gasteiger partial charge on any atom is 0.339 e. The van der Waals surface area contributed by atoms with E-state index in [9.17, 15) is 4.79 Å². The van der Waals surface area contributed by atoms with Crippen molar-refractivity contribution in [2.24, 2.45) is 0 Å². The fourth-order valence-corrected chi connectivity index (χ4v) is 4.49. The second-order valence-electron chi connectivity index (χ2n) is 7.43. The van der Waals surface area contributed by atoms with Crippen molar-refractivity contribution in [3.63, 3.8) is 0 Å². The van der Waals surface area contributed by atoms with E-state index >= 15 is 0 Å². The Balaban J connectivity index is 1.65. The van der Waals surface area contributed by atoms with Gasteiger partial charge in [-0.25, -0.2) is 4.79 Å². The van der Waals surface area contributed by atoms with Gasteiger partial charge in [-0.05, 0) is 61.4 Å². The Morgan fingerprint density at radius 1 is 1.00 bits per heavy atom. The average Bonchev–Trinajstić information content (AvgIpc) is 2.73. The molecule has 4 heteroatoms. The summed E-state index contributed by atoms with van der Waals surface area (Å²) in [6.07, 6.45) is 4.96. The first-order valence-electron chi connectivity index (χ1n) is 9.82. The van der Waals surface area contributed by atoms with Crippen LogP contribution in [-0.2, 0) is 25.8 Å². The van der Waals surface area contributed by atoms with E-state index < -0.39 is 0 Å². The predicted octanol–water partition coefficient (Wildman–Crippen LogP) is 4.59. The van der Waals surface area contributed by atoms with E-state index in [0.717, 1.165) is 54.4 Å². The Bertz CT molecular complexity index is 1080. The number of rotatable bonds is 2. The molecular weight excluding hydrogens is 338 g/mol. The highest BCUT2D eigenvalue weighted by atomic mass is 16.5.